The predicted molar refractivity (Wildman–Crippen MR) is 62.6 cm³/mol. The van der Waals surface area contributed by atoms with Gasteiger partial charge in [-0.2, -0.15) is 4.39 Å². The number of carboxylic acid groups (broad SMARTS) is 1. The number of carbonyl (C=O) groups is 1. The molecular weight excluding hydrogens is 259 g/mol. The highest BCUT2D eigenvalue weighted by Gasteiger charge is 2.34. The van der Waals surface area contributed by atoms with Crippen molar-refractivity contribution < 1.29 is 24.0 Å². The molecule has 1 unspecified atom stereocenters. The number of ether oxygens (including phenoxy) is 1. The van der Waals surface area contributed by atoms with E-state index in [0.717, 1.165) is 6.07 Å². The van der Waals surface area contributed by atoms with Crippen LogP contribution in [0.3, 0.4) is 0 Å². The number of carboxylic acids is 1. The number of nitro benzene ring substituents is 1. The van der Waals surface area contributed by atoms with Crippen LogP contribution in [-0.4, -0.2) is 41.8 Å². The number of aliphatic carboxylic acids is 1. The molecule has 102 valence electrons. The molecule has 8 heteroatoms. The Labute approximate surface area is 107 Å². The van der Waals surface area contributed by atoms with Crippen LogP contribution in [-0.2, 0) is 9.53 Å². The van der Waals surface area contributed by atoms with Crippen molar-refractivity contribution >= 4 is 17.3 Å². The highest BCUT2D eigenvalue weighted by molar-refractivity contribution is 5.80. The maximum absolute atomic E-state index is 13.5. The SMILES string of the molecule is O=C(O)C1COCCN1c1cccc(F)c1[N+](=O)[O-]. The number of nitrogens with zero attached hydrogens (tertiary/aromatic N) is 2. The van der Waals surface area contributed by atoms with Crippen molar-refractivity contribution in [1.29, 1.82) is 0 Å². The Morgan fingerprint density at radius 2 is 2.32 bits per heavy atom. The van der Waals surface area contributed by atoms with Gasteiger partial charge in [-0.15, -0.1) is 0 Å². The van der Waals surface area contributed by atoms with Gasteiger partial charge >= 0.3 is 11.7 Å². The number of benzene rings is 1. The van der Waals surface area contributed by atoms with Crippen LogP contribution in [0.2, 0.25) is 0 Å². The third-order valence-electron chi connectivity index (χ3n) is 2.87. The fraction of sp³-hybridized carbons (Fsp3) is 0.364. The molecule has 7 nitrogen and oxygen atoms in total. The zero-order valence-corrected chi connectivity index (χ0v) is 9.78. The number of rotatable bonds is 3. The quantitative estimate of drug-likeness (QED) is 0.651. The number of halogens is 1. The molecule has 19 heavy (non-hydrogen) atoms. The lowest BCUT2D eigenvalue weighted by Crippen LogP contribution is -2.50. The molecular formula is C11H11FN2O5. The first-order valence-electron chi connectivity index (χ1n) is 5.52. The molecule has 1 saturated heterocycles. The standard InChI is InChI=1S/C11H11FN2O5/c12-7-2-1-3-8(10(7)14(17)18)13-4-5-19-6-9(13)11(15)16/h1-3,9H,4-6H2,(H,15,16). The molecule has 1 atom stereocenters. The van der Waals surface area contributed by atoms with Gasteiger partial charge < -0.3 is 14.7 Å². The second-order valence-corrected chi connectivity index (χ2v) is 3.99. The molecule has 0 spiro atoms. The first-order valence-corrected chi connectivity index (χ1v) is 5.52. The van der Waals surface area contributed by atoms with Gasteiger partial charge in [-0.25, -0.2) is 4.79 Å². The lowest BCUT2D eigenvalue weighted by atomic mass is 10.1. The lowest BCUT2D eigenvalue weighted by molar-refractivity contribution is -0.386. The highest BCUT2D eigenvalue weighted by Crippen LogP contribution is 2.32. The Balaban J connectivity index is 2.47. The molecule has 0 saturated carbocycles. The summed E-state index contributed by atoms with van der Waals surface area (Å²) in [4.78, 5) is 22.5. The molecule has 1 aliphatic heterocycles. The summed E-state index contributed by atoms with van der Waals surface area (Å²) < 4.78 is 18.6. The normalized spacial score (nSPS) is 19.2. The Kier molecular flexibility index (Phi) is 3.61. The minimum absolute atomic E-state index is 0.0410. The lowest BCUT2D eigenvalue weighted by Gasteiger charge is -2.34. The second kappa shape index (κ2) is 5.19. The molecule has 0 aromatic heterocycles. The van der Waals surface area contributed by atoms with E-state index in [0.29, 0.717) is 0 Å². The minimum atomic E-state index is -1.17. The van der Waals surface area contributed by atoms with Crippen LogP contribution in [0.5, 0.6) is 0 Å². The number of nitro groups is 1. The summed E-state index contributed by atoms with van der Waals surface area (Å²) in [5, 5.41) is 20.0. The third-order valence-corrected chi connectivity index (χ3v) is 2.87. The van der Waals surface area contributed by atoms with Crippen LogP contribution in [0.4, 0.5) is 15.8 Å². The average molecular weight is 270 g/mol. The highest BCUT2D eigenvalue weighted by atomic mass is 19.1. The maximum Gasteiger partial charge on any atom is 0.328 e. The smallest absolute Gasteiger partial charge is 0.328 e. The fourth-order valence-electron chi connectivity index (χ4n) is 2.01. The van der Waals surface area contributed by atoms with E-state index in [2.05, 4.69) is 0 Å². The van der Waals surface area contributed by atoms with Crippen molar-refractivity contribution in [3.8, 4) is 0 Å². The van der Waals surface area contributed by atoms with E-state index in [-0.39, 0.29) is 25.4 Å². The number of hydrogen-bond donors (Lipinski definition) is 1. The van der Waals surface area contributed by atoms with Gasteiger partial charge in [0.15, 0.2) is 6.04 Å². The molecule has 1 aromatic carbocycles. The van der Waals surface area contributed by atoms with Crippen molar-refractivity contribution in [1.82, 2.24) is 0 Å². The summed E-state index contributed by atoms with van der Waals surface area (Å²) in [7, 11) is 0. The van der Waals surface area contributed by atoms with Crippen LogP contribution in [0.25, 0.3) is 0 Å². The number of morpholine rings is 1. The molecule has 1 heterocycles. The van der Waals surface area contributed by atoms with Crippen LogP contribution >= 0.6 is 0 Å². The van der Waals surface area contributed by atoms with E-state index < -0.39 is 28.4 Å². The Hall–Kier alpha value is -2.22. The average Bonchev–Trinajstić information content (AvgIpc) is 2.37. The van der Waals surface area contributed by atoms with Crippen molar-refractivity contribution in [2.45, 2.75) is 6.04 Å². The summed E-state index contributed by atoms with van der Waals surface area (Å²) in [6, 6.07) is 2.56. The molecule has 2 rings (SSSR count). The molecule has 0 aliphatic carbocycles. The molecule has 0 radical (unpaired) electrons. The summed E-state index contributed by atoms with van der Waals surface area (Å²) in [5.74, 6) is -2.16. The first kappa shape index (κ1) is 13.2. The Morgan fingerprint density at radius 3 is 2.95 bits per heavy atom. The molecule has 1 fully saturated rings. The van der Waals surface area contributed by atoms with E-state index in [1.54, 1.807) is 0 Å². The van der Waals surface area contributed by atoms with Gasteiger partial charge in [-0.3, -0.25) is 10.1 Å². The summed E-state index contributed by atoms with van der Waals surface area (Å²) in [6.07, 6.45) is 0. The number of hydrogen-bond acceptors (Lipinski definition) is 5. The zero-order chi connectivity index (χ0) is 14.0. The summed E-state index contributed by atoms with van der Waals surface area (Å²) in [5.41, 5.74) is -0.753. The Bertz CT molecular complexity index is 522. The predicted octanol–water partition coefficient (Wildman–Crippen LogP) is 1.02. The molecule has 1 aromatic rings. The van der Waals surface area contributed by atoms with E-state index in [1.807, 2.05) is 0 Å². The van der Waals surface area contributed by atoms with Gasteiger partial charge in [0.2, 0.25) is 5.82 Å². The molecule has 1 aliphatic rings. The second-order valence-electron chi connectivity index (χ2n) is 3.99. The number of anilines is 1. The van der Waals surface area contributed by atoms with Crippen LogP contribution in [0, 0.1) is 15.9 Å². The van der Waals surface area contributed by atoms with Crippen LogP contribution in [0.15, 0.2) is 18.2 Å². The molecule has 1 N–H and O–H groups in total. The first-order chi connectivity index (χ1) is 9.02. The van der Waals surface area contributed by atoms with Crippen LogP contribution < -0.4 is 4.90 Å². The zero-order valence-electron chi connectivity index (χ0n) is 9.78. The van der Waals surface area contributed by atoms with Crippen molar-refractivity contribution in [2.75, 3.05) is 24.7 Å². The summed E-state index contributed by atoms with van der Waals surface area (Å²) in [6.45, 7) is 0.293. The van der Waals surface area contributed by atoms with Gasteiger partial charge in [0.25, 0.3) is 0 Å². The third kappa shape index (κ3) is 2.48. The number of para-hydroxylation sites is 1. The summed E-state index contributed by atoms with van der Waals surface area (Å²) >= 11 is 0. The topological polar surface area (TPSA) is 92.9 Å². The van der Waals surface area contributed by atoms with Crippen molar-refractivity contribution in [2.24, 2.45) is 0 Å². The van der Waals surface area contributed by atoms with E-state index in [1.165, 1.54) is 17.0 Å². The fourth-order valence-corrected chi connectivity index (χ4v) is 2.01. The van der Waals surface area contributed by atoms with Gasteiger partial charge in [-0.1, -0.05) is 6.07 Å². The van der Waals surface area contributed by atoms with Gasteiger partial charge in [0.05, 0.1) is 18.1 Å². The van der Waals surface area contributed by atoms with Gasteiger partial charge in [0, 0.05) is 6.54 Å². The van der Waals surface area contributed by atoms with Gasteiger partial charge in [-0.05, 0) is 12.1 Å². The van der Waals surface area contributed by atoms with Crippen molar-refractivity contribution in [3.63, 3.8) is 0 Å². The van der Waals surface area contributed by atoms with E-state index in [4.69, 9.17) is 9.84 Å². The van der Waals surface area contributed by atoms with Crippen LogP contribution in [0.1, 0.15) is 0 Å². The minimum Gasteiger partial charge on any atom is -0.480 e. The molecule has 0 amide bonds. The molecule has 0 bridgehead atoms. The van der Waals surface area contributed by atoms with E-state index >= 15 is 0 Å². The Morgan fingerprint density at radius 1 is 1.58 bits per heavy atom. The largest absolute Gasteiger partial charge is 0.480 e. The van der Waals surface area contributed by atoms with E-state index in [9.17, 15) is 19.3 Å². The van der Waals surface area contributed by atoms with Crippen molar-refractivity contribution in [3.05, 3.63) is 34.1 Å². The maximum atomic E-state index is 13.5. The monoisotopic (exact) mass is 270 g/mol. The van der Waals surface area contributed by atoms with Gasteiger partial charge in [0.1, 0.15) is 5.69 Å².